The van der Waals surface area contributed by atoms with Gasteiger partial charge in [-0.05, 0) is 40.0 Å². The van der Waals surface area contributed by atoms with E-state index in [2.05, 4.69) is 31.6 Å². The summed E-state index contributed by atoms with van der Waals surface area (Å²) in [5.41, 5.74) is 0.836. The highest BCUT2D eigenvalue weighted by Gasteiger charge is 2.25. The molecule has 0 radical (unpaired) electrons. The molecule has 0 saturated carbocycles. The number of nitrogens with one attached hydrogen (secondary N) is 2. The number of aliphatic imine (C=N–C) groups is 1. The summed E-state index contributed by atoms with van der Waals surface area (Å²) in [6.45, 7) is 3.83. The van der Waals surface area contributed by atoms with Crippen molar-refractivity contribution in [3.63, 3.8) is 0 Å². The first kappa shape index (κ1) is 17.7. The number of nitrogens with zero attached hydrogens (tertiary/aromatic N) is 2. The summed E-state index contributed by atoms with van der Waals surface area (Å²) in [5.74, 6) is 0.559. The Hall–Kier alpha value is -1.63. The summed E-state index contributed by atoms with van der Waals surface area (Å²) in [6.07, 6.45) is 1.44. The number of amides is 1. The van der Waals surface area contributed by atoms with Crippen LogP contribution in [0.4, 0.5) is 4.39 Å². The molecular formula is C16H22BrFN4O. The molecule has 23 heavy (non-hydrogen) atoms. The van der Waals surface area contributed by atoms with Gasteiger partial charge in [-0.25, -0.2) is 4.39 Å². The molecule has 0 bridgehead atoms. The van der Waals surface area contributed by atoms with E-state index in [4.69, 9.17) is 0 Å². The second kappa shape index (κ2) is 8.29. The second-order valence-electron chi connectivity index (χ2n) is 5.50. The van der Waals surface area contributed by atoms with Gasteiger partial charge in [0.15, 0.2) is 5.96 Å². The van der Waals surface area contributed by atoms with Crippen molar-refractivity contribution >= 4 is 27.8 Å². The van der Waals surface area contributed by atoms with E-state index in [1.807, 2.05) is 17.9 Å². The third kappa shape index (κ3) is 4.92. The lowest BCUT2D eigenvalue weighted by Crippen LogP contribution is -2.44. The van der Waals surface area contributed by atoms with Gasteiger partial charge < -0.3 is 15.5 Å². The molecule has 1 aliphatic rings. The van der Waals surface area contributed by atoms with Gasteiger partial charge in [0.25, 0.3) is 0 Å². The predicted molar refractivity (Wildman–Crippen MR) is 92.7 cm³/mol. The van der Waals surface area contributed by atoms with Crippen molar-refractivity contribution in [3.05, 3.63) is 34.1 Å². The Balaban J connectivity index is 1.84. The minimum Gasteiger partial charge on any atom is -0.352 e. The lowest BCUT2D eigenvalue weighted by atomic mass is 10.2. The van der Waals surface area contributed by atoms with Crippen LogP contribution in [0.5, 0.6) is 0 Å². The first-order valence-electron chi connectivity index (χ1n) is 7.72. The summed E-state index contributed by atoms with van der Waals surface area (Å²) in [6, 6.07) is 5.22. The average molecular weight is 385 g/mol. The highest BCUT2D eigenvalue weighted by molar-refractivity contribution is 9.10. The van der Waals surface area contributed by atoms with Crippen molar-refractivity contribution in [2.75, 3.05) is 20.1 Å². The first-order valence-corrected chi connectivity index (χ1v) is 8.51. The van der Waals surface area contributed by atoms with Crippen LogP contribution in [0.2, 0.25) is 0 Å². The van der Waals surface area contributed by atoms with Crippen molar-refractivity contribution in [1.82, 2.24) is 15.5 Å². The van der Waals surface area contributed by atoms with Gasteiger partial charge >= 0.3 is 0 Å². The van der Waals surface area contributed by atoms with Crippen LogP contribution in [0.3, 0.4) is 0 Å². The fourth-order valence-electron chi connectivity index (χ4n) is 2.55. The average Bonchev–Trinajstić information content (AvgIpc) is 3.02. The van der Waals surface area contributed by atoms with Crippen molar-refractivity contribution in [2.24, 2.45) is 4.99 Å². The zero-order valence-electron chi connectivity index (χ0n) is 13.4. The maximum atomic E-state index is 13.5. The number of carbonyl (C=O) groups is 1. The van der Waals surface area contributed by atoms with E-state index in [1.165, 1.54) is 6.07 Å². The molecule has 1 amide bonds. The van der Waals surface area contributed by atoms with Crippen molar-refractivity contribution < 1.29 is 9.18 Å². The molecule has 5 nitrogen and oxygen atoms in total. The number of carbonyl (C=O) groups excluding carboxylic acids is 1. The number of benzene rings is 1. The summed E-state index contributed by atoms with van der Waals surface area (Å²) in [7, 11) is 1.70. The number of hydrogen-bond acceptors (Lipinski definition) is 2. The van der Waals surface area contributed by atoms with E-state index in [9.17, 15) is 9.18 Å². The Morgan fingerprint density at radius 3 is 2.96 bits per heavy atom. The minimum atomic E-state index is -0.281. The van der Waals surface area contributed by atoms with Gasteiger partial charge in [0.1, 0.15) is 5.82 Å². The number of rotatable bonds is 4. The molecule has 1 aromatic carbocycles. The Labute approximate surface area is 144 Å². The third-order valence-electron chi connectivity index (χ3n) is 3.85. The third-order valence-corrected chi connectivity index (χ3v) is 4.49. The Morgan fingerprint density at radius 2 is 2.30 bits per heavy atom. The van der Waals surface area contributed by atoms with Crippen LogP contribution in [0.25, 0.3) is 0 Å². The van der Waals surface area contributed by atoms with E-state index in [0.717, 1.165) is 18.5 Å². The van der Waals surface area contributed by atoms with Gasteiger partial charge in [-0.2, -0.15) is 0 Å². The molecule has 1 aromatic rings. The molecular weight excluding hydrogens is 363 g/mol. The minimum absolute atomic E-state index is 0.183. The molecule has 126 valence electrons. The Morgan fingerprint density at radius 1 is 1.52 bits per heavy atom. The smallest absolute Gasteiger partial charge is 0.222 e. The molecule has 0 aliphatic carbocycles. The van der Waals surface area contributed by atoms with Crippen molar-refractivity contribution in [1.29, 1.82) is 0 Å². The standard InChI is InChI=1S/C16H22BrFN4O/c1-3-15(23)22-7-6-12(10-22)21-16(19-2)20-9-11-4-5-13(17)14(18)8-11/h4-5,8,12H,3,6-7,9-10H2,1-2H3,(H2,19,20,21). The van der Waals surface area contributed by atoms with Gasteiger partial charge in [-0.15, -0.1) is 0 Å². The molecule has 1 saturated heterocycles. The molecule has 2 rings (SSSR count). The SMILES string of the molecule is CCC(=O)N1CCC(NC(=NC)NCc2ccc(Br)c(F)c2)C1. The van der Waals surface area contributed by atoms with E-state index in [-0.39, 0.29) is 17.8 Å². The molecule has 1 heterocycles. The van der Waals surface area contributed by atoms with Crippen LogP contribution >= 0.6 is 15.9 Å². The van der Waals surface area contributed by atoms with Gasteiger partial charge in [0.2, 0.25) is 5.91 Å². The normalized spacial score (nSPS) is 18.2. The maximum absolute atomic E-state index is 13.5. The number of halogens is 2. The van der Waals surface area contributed by atoms with Gasteiger partial charge in [0.05, 0.1) is 4.47 Å². The zero-order valence-corrected chi connectivity index (χ0v) is 15.0. The molecule has 1 fully saturated rings. The predicted octanol–water partition coefficient (Wildman–Crippen LogP) is 2.26. The fourth-order valence-corrected chi connectivity index (χ4v) is 2.80. The van der Waals surface area contributed by atoms with Crippen LogP contribution in [-0.2, 0) is 11.3 Å². The number of likely N-dealkylation sites (tertiary alicyclic amines) is 1. The summed E-state index contributed by atoms with van der Waals surface area (Å²) in [4.78, 5) is 17.8. The van der Waals surface area contributed by atoms with E-state index in [0.29, 0.717) is 29.9 Å². The quantitative estimate of drug-likeness (QED) is 0.618. The highest BCUT2D eigenvalue weighted by atomic mass is 79.9. The second-order valence-corrected chi connectivity index (χ2v) is 6.35. The lowest BCUT2D eigenvalue weighted by Gasteiger charge is -2.18. The van der Waals surface area contributed by atoms with Gasteiger partial charge in [0, 0.05) is 39.1 Å². The lowest BCUT2D eigenvalue weighted by molar-refractivity contribution is -0.129. The largest absolute Gasteiger partial charge is 0.352 e. The molecule has 1 aliphatic heterocycles. The van der Waals surface area contributed by atoms with Gasteiger partial charge in [-0.1, -0.05) is 13.0 Å². The zero-order chi connectivity index (χ0) is 16.8. The number of hydrogen-bond donors (Lipinski definition) is 2. The highest BCUT2D eigenvalue weighted by Crippen LogP contribution is 2.16. The van der Waals surface area contributed by atoms with E-state index >= 15 is 0 Å². The fraction of sp³-hybridized carbons (Fsp3) is 0.500. The Bertz CT molecular complexity index is 593. The summed E-state index contributed by atoms with van der Waals surface area (Å²) < 4.78 is 14.0. The topological polar surface area (TPSA) is 56.7 Å². The summed E-state index contributed by atoms with van der Waals surface area (Å²) in [5, 5.41) is 6.48. The monoisotopic (exact) mass is 384 g/mol. The van der Waals surface area contributed by atoms with Crippen LogP contribution in [0.15, 0.2) is 27.7 Å². The van der Waals surface area contributed by atoms with E-state index in [1.54, 1.807) is 13.1 Å². The van der Waals surface area contributed by atoms with Crippen LogP contribution in [0, 0.1) is 5.82 Å². The molecule has 0 spiro atoms. The van der Waals surface area contributed by atoms with Crippen molar-refractivity contribution in [2.45, 2.75) is 32.4 Å². The molecule has 2 N–H and O–H groups in total. The maximum Gasteiger partial charge on any atom is 0.222 e. The molecule has 1 unspecified atom stereocenters. The van der Waals surface area contributed by atoms with Crippen LogP contribution in [0.1, 0.15) is 25.3 Å². The Kier molecular flexibility index (Phi) is 6.38. The molecule has 7 heteroatoms. The molecule has 1 atom stereocenters. The van der Waals surface area contributed by atoms with E-state index < -0.39 is 0 Å². The first-order chi connectivity index (χ1) is 11.0. The van der Waals surface area contributed by atoms with Gasteiger partial charge in [-0.3, -0.25) is 9.79 Å². The number of guanidine groups is 1. The summed E-state index contributed by atoms with van der Waals surface area (Å²) >= 11 is 3.14. The van der Waals surface area contributed by atoms with Crippen LogP contribution < -0.4 is 10.6 Å². The van der Waals surface area contributed by atoms with Crippen molar-refractivity contribution in [3.8, 4) is 0 Å². The van der Waals surface area contributed by atoms with Crippen LogP contribution in [-0.4, -0.2) is 42.9 Å². The molecule has 0 aromatic heterocycles.